The zero-order valence-corrected chi connectivity index (χ0v) is 56.6. The summed E-state index contributed by atoms with van der Waals surface area (Å²) in [5.74, 6) is -9.30. The summed E-state index contributed by atoms with van der Waals surface area (Å²) < 4.78 is 0. The molecule has 0 bridgehead atoms. The fourth-order valence-electron chi connectivity index (χ4n) is 10.3. The van der Waals surface area contributed by atoms with E-state index in [1.165, 1.54) is 75.7 Å². The topological polar surface area (TPSA) is 308 Å². The molecule has 24 nitrogen and oxygen atoms in total. The molecule has 0 spiro atoms. The van der Waals surface area contributed by atoms with Crippen molar-refractivity contribution in [3.8, 4) is 0 Å². The van der Waals surface area contributed by atoms with E-state index in [0.29, 0.717) is 12.8 Å². The number of aliphatic hydroxyl groups excluding tert-OH is 1. The monoisotopic (exact) mass is 1220 g/mol. The molecule has 0 radical (unpaired) electrons. The van der Waals surface area contributed by atoms with Gasteiger partial charge in [0, 0.05) is 42.3 Å². The third-order valence-electron chi connectivity index (χ3n) is 15.6. The van der Waals surface area contributed by atoms with Gasteiger partial charge in [0.15, 0.2) is 0 Å². The van der Waals surface area contributed by atoms with Crippen LogP contribution in [0.1, 0.15) is 156 Å². The van der Waals surface area contributed by atoms with Crippen molar-refractivity contribution in [2.45, 2.75) is 223 Å². The number of hydrogen-bond donors (Lipinski definition) is 7. The number of carboxylic acids is 1. The second kappa shape index (κ2) is 37.5. The summed E-state index contributed by atoms with van der Waals surface area (Å²) in [7, 11) is 10.1. The van der Waals surface area contributed by atoms with E-state index >= 15 is 4.79 Å². The number of carbonyl (C=O) groups excluding carboxylic acids is 10. The Bertz CT molecular complexity index is 2290. The minimum atomic E-state index is -1.59. The SMILES string of the molecule is C/C=C/C[C@@H](C)[C@@H](O)[C@@H](C(=O)N[C@@H](CC)C(=O)N(C)CC(=O)O)N(C)C(=O)[C@H](C(C)C)N(C)C(=O)[C@H](CC(C)C)N(C)C(=O)[C@H](CC(C)C)N(C)C(=O)[C@@H](C)NC(=O)[C@H](C)NC(=O)[C@H](CC(C)C)N(C)C(=O)[C@@H](NC(=O)[C@H](CC(C)C)NC)C(C)C. The van der Waals surface area contributed by atoms with Gasteiger partial charge in [-0.25, -0.2) is 0 Å². The van der Waals surface area contributed by atoms with Gasteiger partial charge in [-0.05, 0) is 108 Å². The summed E-state index contributed by atoms with van der Waals surface area (Å²) in [6.45, 7) is 29.6. The maximum absolute atomic E-state index is 15.0. The summed E-state index contributed by atoms with van der Waals surface area (Å²) in [5.41, 5.74) is 0. The quantitative estimate of drug-likeness (QED) is 0.0440. The normalized spacial score (nSPS) is 16.0. The van der Waals surface area contributed by atoms with Crippen LogP contribution in [0.4, 0.5) is 0 Å². The lowest BCUT2D eigenvalue weighted by atomic mass is 9.91. The Hall–Kier alpha value is -6.17. The zero-order chi connectivity index (χ0) is 67.1. The highest BCUT2D eigenvalue weighted by Gasteiger charge is 2.45. The maximum atomic E-state index is 15.0. The average molecular weight is 1220 g/mol. The number of carboxylic acid groups (broad SMARTS) is 1. The number of likely N-dealkylation sites (N-methyl/N-ethyl adjacent to an activating group) is 7. The van der Waals surface area contributed by atoms with Gasteiger partial charge in [-0.2, -0.15) is 0 Å². The van der Waals surface area contributed by atoms with Crippen LogP contribution < -0.4 is 26.6 Å². The minimum Gasteiger partial charge on any atom is -0.480 e. The molecule has 0 aromatic rings. The number of rotatable bonds is 37. The summed E-state index contributed by atoms with van der Waals surface area (Å²) in [4.78, 5) is 161. The standard InChI is InChI=1S/C62H113N11O13/c1-25-27-28-40(15)52(76)51(56(80)66-43(26-2)58(82)68(19)33-48(74)75)73(24)62(86)50(39(13)14)72(23)60(84)47(32-37(9)10)71(22)59(83)46(31-36(7)8)70(21)57(81)42(17)65-53(77)41(16)64-55(79)45(30-35(5)6)69(20)61(85)49(38(11)12)67-54(78)44(63-18)29-34(3)4/h25,27,34-47,49-52,63,76H,26,28-33H2,1-24H3,(H,64,79)(H,65,77)(H,66,80)(H,67,78)(H,74,75)/b27-25+/t40-,41+,42-,43+,44+,45+,46+,47+,49+,50+,51+,52-/m1/s1. The fraction of sp³-hybridized carbons (Fsp3) is 0.790. The van der Waals surface area contributed by atoms with Crippen molar-refractivity contribution >= 4 is 65.0 Å². The van der Waals surface area contributed by atoms with Gasteiger partial charge in [-0.1, -0.05) is 109 Å². The van der Waals surface area contributed by atoms with Crippen molar-refractivity contribution in [1.82, 2.24) is 56.0 Å². The molecule has 0 heterocycles. The number of aliphatic hydroxyl groups is 1. The Balaban J connectivity index is 6.96. The van der Waals surface area contributed by atoms with Crippen molar-refractivity contribution in [3.63, 3.8) is 0 Å². The minimum absolute atomic E-state index is 0.0574. The smallest absolute Gasteiger partial charge is 0.323 e. The molecule has 12 atom stereocenters. The lowest BCUT2D eigenvalue weighted by Crippen LogP contribution is -2.63. The van der Waals surface area contributed by atoms with Crippen molar-refractivity contribution in [3.05, 3.63) is 12.2 Å². The molecule has 24 heteroatoms. The molecular weight excluding hydrogens is 1110 g/mol. The first-order chi connectivity index (χ1) is 39.7. The molecular formula is C62H113N11O13. The van der Waals surface area contributed by atoms with Gasteiger partial charge >= 0.3 is 5.97 Å². The number of aliphatic carboxylic acids is 1. The van der Waals surface area contributed by atoms with Gasteiger partial charge in [-0.3, -0.25) is 52.7 Å². The Morgan fingerprint density at radius 2 is 0.895 bits per heavy atom. The number of allylic oxidation sites excluding steroid dienone is 2. The van der Waals surface area contributed by atoms with Gasteiger partial charge < -0.3 is 66.2 Å². The highest BCUT2D eigenvalue weighted by Crippen LogP contribution is 2.25. The van der Waals surface area contributed by atoms with Gasteiger partial charge in [0.05, 0.1) is 12.1 Å². The number of nitrogens with one attached hydrogen (secondary N) is 5. The van der Waals surface area contributed by atoms with Crippen molar-refractivity contribution < 1.29 is 63.0 Å². The van der Waals surface area contributed by atoms with E-state index in [9.17, 15) is 58.2 Å². The Morgan fingerprint density at radius 3 is 1.33 bits per heavy atom. The summed E-state index contributed by atoms with van der Waals surface area (Å²) in [6.07, 6.45) is 3.51. The molecule has 0 aromatic heterocycles. The van der Waals surface area contributed by atoms with E-state index in [2.05, 4.69) is 26.6 Å². The third kappa shape index (κ3) is 24.2. The Morgan fingerprint density at radius 1 is 0.453 bits per heavy atom. The molecule has 0 aliphatic rings. The van der Waals surface area contributed by atoms with E-state index in [4.69, 9.17) is 0 Å². The first kappa shape index (κ1) is 79.8. The predicted octanol–water partition coefficient (Wildman–Crippen LogP) is 3.10. The molecule has 0 fully saturated rings. The number of nitrogens with zero attached hydrogens (tertiary/aromatic N) is 6. The van der Waals surface area contributed by atoms with Crippen LogP contribution in [-0.2, 0) is 52.7 Å². The molecule has 86 heavy (non-hydrogen) atoms. The highest BCUT2D eigenvalue weighted by molar-refractivity contribution is 5.99. The summed E-state index contributed by atoms with van der Waals surface area (Å²) in [6, 6.07) is -11.3. The van der Waals surface area contributed by atoms with Crippen LogP contribution in [0.3, 0.4) is 0 Å². The number of amides is 10. The van der Waals surface area contributed by atoms with E-state index in [1.54, 1.807) is 67.7 Å². The lowest BCUT2D eigenvalue weighted by molar-refractivity contribution is -0.157. The zero-order valence-electron chi connectivity index (χ0n) is 56.6. The predicted molar refractivity (Wildman–Crippen MR) is 332 cm³/mol. The van der Waals surface area contributed by atoms with E-state index < -0.39 is 144 Å². The van der Waals surface area contributed by atoms with Gasteiger partial charge in [0.25, 0.3) is 0 Å². The summed E-state index contributed by atoms with van der Waals surface area (Å²) >= 11 is 0. The molecule has 0 aliphatic heterocycles. The molecule has 0 aromatic carbocycles. The van der Waals surface area contributed by atoms with Crippen LogP contribution in [0, 0.1) is 41.4 Å². The molecule has 494 valence electrons. The second-order valence-corrected chi connectivity index (χ2v) is 25.8. The molecule has 7 N–H and O–H groups in total. The van der Waals surface area contributed by atoms with Gasteiger partial charge in [-0.15, -0.1) is 0 Å². The van der Waals surface area contributed by atoms with Gasteiger partial charge in [0.1, 0.15) is 60.9 Å². The van der Waals surface area contributed by atoms with Crippen molar-refractivity contribution in [2.24, 2.45) is 41.4 Å². The second-order valence-electron chi connectivity index (χ2n) is 25.8. The fourth-order valence-corrected chi connectivity index (χ4v) is 10.3. The summed E-state index contributed by atoms with van der Waals surface area (Å²) in [5, 5.41) is 35.1. The van der Waals surface area contributed by atoms with Crippen LogP contribution in [0.2, 0.25) is 0 Å². The van der Waals surface area contributed by atoms with Crippen LogP contribution in [0.5, 0.6) is 0 Å². The molecule has 0 saturated heterocycles. The van der Waals surface area contributed by atoms with Gasteiger partial charge in [0.2, 0.25) is 59.1 Å². The molecule has 0 saturated carbocycles. The maximum Gasteiger partial charge on any atom is 0.323 e. The van der Waals surface area contributed by atoms with E-state index in [1.807, 2.05) is 55.4 Å². The largest absolute Gasteiger partial charge is 0.480 e. The first-order valence-electron chi connectivity index (χ1n) is 30.6. The van der Waals surface area contributed by atoms with Crippen molar-refractivity contribution in [1.29, 1.82) is 0 Å². The van der Waals surface area contributed by atoms with E-state index in [-0.39, 0.29) is 61.2 Å². The first-order valence-corrected chi connectivity index (χ1v) is 30.6. The number of carbonyl (C=O) groups is 11. The van der Waals surface area contributed by atoms with Crippen LogP contribution in [-0.4, -0.2) is 227 Å². The molecule has 10 amide bonds. The Labute approximate surface area is 514 Å². The van der Waals surface area contributed by atoms with Crippen molar-refractivity contribution in [2.75, 3.05) is 55.9 Å². The molecule has 0 unspecified atom stereocenters. The lowest BCUT2D eigenvalue weighted by Gasteiger charge is -2.41. The van der Waals surface area contributed by atoms with Crippen LogP contribution in [0.25, 0.3) is 0 Å². The molecule has 0 rings (SSSR count). The third-order valence-corrected chi connectivity index (χ3v) is 15.6. The van der Waals surface area contributed by atoms with E-state index in [0.717, 1.165) is 9.80 Å². The highest BCUT2D eigenvalue weighted by atomic mass is 16.4. The molecule has 0 aliphatic carbocycles. The number of hydrogen-bond acceptors (Lipinski definition) is 13. The van der Waals surface area contributed by atoms with Crippen LogP contribution in [0.15, 0.2) is 12.2 Å². The van der Waals surface area contributed by atoms with Crippen LogP contribution >= 0.6 is 0 Å². The average Bonchev–Trinajstić information content (AvgIpc) is 3.15. The Kier molecular flexibility index (Phi) is 34.8.